The predicted octanol–water partition coefficient (Wildman–Crippen LogP) is 2.77. The number of carbonyl (C=O) groups excluding carboxylic acids is 1. The smallest absolute Gasteiger partial charge is 0.286 e. The summed E-state index contributed by atoms with van der Waals surface area (Å²) in [7, 11) is 3.20. The van der Waals surface area contributed by atoms with Crippen LogP contribution in [0.15, 0.2) is 28.1 Å². The molecule has 0 aliphatic carbocycles. The van der Waals surface area contributed by atoms with E-state index in [-0.39, 0.29) is 5.91 Å². The minimum absolute atomic E-state index is 0.165. The van der Waals surface area contributed by atoms with Gasteiger partial charge in [0.2, 0.25) is 0 Å². The number of likely N-dealkylation sites (tertiary alicyclic amines) is 1. The molecule has 2 aliphatic heterocycles. The molecule has 3 rings (SSSR count). The lowest BCUT2D eigenvalue weighted by Crippen LogP contribution is -2.23. The van der Waals surface area contributed by atoms with Crippen LogP contribution in [0, 0.1) is 0 Å². The molecule has 0 aromatic heterocycles. The number of nitrogens with zero attached hydrogens (tertiary/aromatic N) is 2. The second-order valence-electron chi connectivity index (χ2n) is 5.12. The van der Waals surface area contributed by atoms with Gasteiger partial charge >= 0.3 is 0 Å². The molecule has 0 atom stereocenters. The minimum Gasteiger partial charge on any atom is -0.493 e. The van der Waals surface area contributed by atoms with Crippen molar-refractivity contribution in [2.45, 2.75) is 12.8 Å². The number of hydrogen-bond donors (Lipinski definition) is 0. The maximum atomic E-state index is 12.1. The Kier molecular flexibility index (Phi) is 4.38. The third kappa shape index (κ3) is 2.97. The summed E-state index contributed by atoms with van der Waals surface area (Å²) >= 11 is 1.45. The van der Waals surface area contributed by atoms with Crippen molar-refractivity contribution < 1.29 is 14.3 Å². The number of amidine groups is 1. The molecule has 0 saturated carbocycles. The van der Waals surface area contributed by atoms with Crippen LogP contribution in [-0.2, 0) is 4.79 Å². The lowest BCUT2D eigenvalue weighted by molar-refractivity contribution is -0.113. The Hall–Kier alpha value is -1.95. The quantitative estimate of drug-likeness (QED) is 0.802. The number of amides is 1. The molecule has 116 valence electrons. The highest BCUT2D eigenvalue weighted by atomic mass is 32.2. The maximum Gasteiger partial charge on any atom is 0.286 e. The van der Waals surface area contributed by atoms with Crippen LogP contribution in [0.4, 0.5) is 0 Å². The van der Waals surface area contributed by atoms with Gasteiger partial charge in [-0.3, -0.25) is 4.79 Å². The molecular formula is C16H18N2O3S. The molecule has 0 radical (unpaired) electrons. The third-order valence-electron chi connectivity index (χ3n) is 3.69. The summed E-state index contributed by atoms with van der Waals surface area (Å²) in [5, 5.41) is 0.828. The van der Waals surface area contributed by atoms with E-state index < -0.39 is 0 Å². The molecule has 0 spiro atoms. The first-order chi connectivity index (χ1) is 10.7. The average Bonchev–Trinajstić information content (AvgIpc) is 3.17. The van der Waals surface area contributed by atoms with Crippen molar-refractivity contribution in [3.8, 4) is 11.5 Å². The van der Waals surface area contributed by atoms with E-state index in [1.807, 2.05) is 24.3 Å². The standard InChI is InChI=1S/C16H18N2O3S/c1-20-12-6-5-11(9-13(12)21-2)10-14-15(19)17-16(22-14)18-7-3-4-8-18/h5-6,9-10H,3-4,7-8H2,1-2H3/b14-10-. The van der Waals surface area contributed by atoms with Gasteiger partial charge in [0, 0.05) is 13.1 Å². The summed E-state index contributed by atoms with van der Waals surface area (Å²) < 4.78 is 10.5. The molecule has 2 aliphatic rings. The fourth-order valence-electron chi connectivity index (χ4n) is 2.54. The molecule has 0 unspecified atom stereocenters. The van der Waals surface area contributed by atoms with Crippen molar-refractivity contribution in [1.82, 2.24) is 4.90 Å². The van der Waals surface area contributed by atoms with Crippen LogP contribution in [-0.4, -0.2) is 43.3 Å². The zero-order valence-electron chi connectivity index (χ0n) is 12.7. The van der Waals surface area contributed by atoms with Gasteiger partial charge < -0.3 is 14.4 Å². The Morgan fingerprint density at radius 2 is 1.91 bits per heavy atom. The molecule has 6 heteroatoms. The number of hydrogen-bond acceptors (Lipinski definition) is 5. The Bertz CT molecular complexity index is 649. The molecule has 1 fully saturated rings. The van der Waals surface area contributed by atoms with Gasteiger partial charge in [0.25, 0.3) is 5.91 Å². The van der Waals surface area contributed by atoms with Crippen molar-refractivity contribution in [2.24, 2.45) is 4.99 Å². The first kappa shape index (κ1) is 15.0. The summed E-state index contributed by atoms with van der Waals surface area (Å²) in [6.07, 6.45) is 4.19. The molecule has 1 amide bonds. The topological polar surface area (TPSA) is 51.1 Å². The van der Waals surface area contributed by atoms with E-state index in [0.29, 0.717) is 16.4 Å². The number of methoxy groups -OCH3 is 2. The van der Waals surface area contributed by atoms with Crippen LogP contribution in [0.25, 0.3) is 6.08 Å². The number of thioether (sulfide) groups is 1. The van der Waals surface area contributed by atoms with Gasteiger partial charge in [-0.05, 0) is 48.4 Å². The zero-order chi connectivity index (χ0) is 15.5. The van der Waals surface area contributed by atoms with Crippen molar-refractivity contribution in [2.75, 3.05) is 27.3 Å². The molecule has 2 heterocycles. The second kappa shape index (κ2) is 6.44. The summed E-state index contributed by atoms with van der Waals surface area (Å²) in [5.74, 6) is 1.15. The molecule has 0 bridgehead atoms. The Morgan fingerprint density at radius 1 is 1.18 bits per heavy atom. The van der Waals surface area contributed by atoms with E-state index in [9.17, 15) is 4.79 Å². The van der Waals surface area contributed by atoms with Gasteiger partial charge in [-0.15, -0.1) is 0 Å². The van der Waals surface area contributed by atoms with Crippen LogP contribution in [0.1, 0.15) is 18.4 Å². The fraction of sp³-hybridized carbons (Fsp3) is 0.375. The summed E-state index contributed by atoms with van der Waals surface area (Å²) in [6.45, 7) is 1.98. The maximum absolute atomic E-state index is 12.1. The minimum atomic E-state index is -0.165. The van der Waals surface area contributed by atoms with Crippen LogP contribution < -0.4 is 9.47 Å². The van der Waals surface area contributed by atoms with E-state index in [4.69, 9.17) is 9.47 Å². The predicted molar refractivity (Wildman–Crippen MR) is 88.4 cm³/mol. The van der Waals surface area contributed by atoms with Gasteiger partial charge in [-0.2, -0.15) is 4.99 Å². The summed E-state index contributed by atoms with van der Waals surface area (Å²) in [6, 6.07) is 5.58. The zero-order valence-corrected chi connectivity index (χ0v) is 13.5. The number of rotatable bonds is 3. The average molecular weight is 318 g/mol. The SMILES string of the molecule is COc1ccc(/C=C2\SC(N3CCCC3)=NC2=O)cc1OC. The first-order valence-electron chi connectivity index (χ1n) is 7.21. The van der Waals surface area contributed by atoms with Gasteiger partial charge in [-0.25, -0.2) is 0 Å². The molecule has 22 heavy (non-hydrogen) atoms. The van der Waals surface area contributed by atoms with E-state index in [0.717, 1.165) is 23.8 Å². The Labute approximate surface area is 134 Å². The van der Waals surface area contributed by atoms with Crippen LogP contribution in [0.2, 0.25) is 0 Å². The van der Waals surface area contributed by atoms with Crippen molar-refractivity contribution in [1.29, 1.82) is 0 Å². The first-order valence-corrected chi connectivity index (χ1v) is 8.02. The molecule has 1 aromatic carbocycles. The summed E-state index contributed by atoms with van der Waals surface area (Å²) in [5.41, 5.74) is 0.895. The van der Waals surface area contributed by atoms with Gasteiger partial charge in [0.1, 0.15) is 0 Å². The molecule has 1 aromatic rings. The van der Waals surface area contributed by atoms with Crippen molar-refractivity contribution in [3.05, 3.63) is 28.7 Å². The fourth-order valence-corrected chi connectivity index (χ4v) is 3.50. The van der Waals surface area contributed by atoms with Crippen LogP contribution in [0.3, 0.4) is 0 Å². The molecule has 1 saturated heterocycles. The second-order valence-corrected chi connectivity index (χ2v) is 6.13. The Morgan fingerprint density at radius 3 is 2.59 bits per heavy atom. The molecule has 5 nitrogen and oxygen atoms in total. The number of benzene rings is 1. The summed E-state index contributed by atoms with van der Waals surface area (Å²) in [4.78, 5) is 19.1. The number of ether oxygens (including phenoxy) is 2. The number of aliphatic imine (C=N–C) groups is 1. The highest BCUT2D eigenvalue weighted by Gasteiger charge is 2.27. The van der Waals surface area contributed by atoms with E-state index in [2.05, 4.69) is 9.89 Å². The normalized spacial score (nSPS) is 19.7. The van der Waals surface area contributed by atoms with E-state index >= 15 is 0 Å². The van der Waals surface area contributed by atoms with Gasteiger partial charge in [0.15, 0.2) is 16.7 Å². The van der Waals surface area contributed by atoms with Gasteiger partial charge in [-0.1, -0.05) is 6.07 Å². The Balaban J connectivity index is 1.80. The lowest BCUT2D eigenvalue weighted by atomic mass is 10.2. The largest absolute Gasteiger partial charge is 0.493 e. The van der Waals surface area contributed by atoms with E-state index in [1.54, 1.807) is 14.2 Å². The molecular weight excluding hydrogens is 300 g/mol. The highest BCUT2D eigenvalue weighted by Crippen LogP contribution is 2.33. The van der Waals surface area contributed by atoms with Crippen molar-refractivity contribution >= 4 is 28.9 Å². The van der Waals surface area contributed by atoms with Crippen molar-refractivity contribution in [3.63, 3.8) is 0 Å². The lowest BCUT2D eigenvalue weighted by Gasteiger charge is -2.14. The third-order valence-corrected chi connectivity index (χ3v) is 4.74. The van der Waals surface area contributed by atoms with Gasteiger partial charge in [0.05, 0.1) is 19.1 Å². The monoisotopic (exact) mass is 318 g/mol. The van der Waals surface area contributed by atoms with E-state index in [1.165, 1.54) is 24.6 Å². The highest BCUT2D eigenvalue weighted by molar-refractivity contribution is 8.18. The molecule has 0 N–H and O–H groups in total. The number of carbonyl (C=O) groups is 1. The van der Waals surface area contributed by atoms with Crippen LogP contribution >= 0.6 is 11.8 Å². The van der Waals surface area contributed by atoms with Crippen LogP contribution in [0.5, 0.6) is 11.5 Å².